The van der Waals surface area contributed by atoms with Crippen molar-refractivity contribution in [2.45, 2.75) is 30.2 Å². The van der Waals surface area contributed by atoms with Gasteiger partial charge in [0.05, 0.1) is 5.52 Å². The maximum Gasteiger partial charge on any atom is 0.244 e. The predicted octanol–water partition coefficient (Wildman–Crippen LogP) is 4.81. The molecule has 2 fully saturated rings. The lowest BCUT2D eigenvalue weighted by molar-refractivity contribution is 0.232. The van der Waals surface area contributed by atoms with Gasteiger partial charge in [-0.3, -0.25) is 9.88 Å². The van der Waals surface area contributed by atoms with Gasteiger partial charge in [0, 0.05) is 66.1 Å². The summed E-state index contributed by atoms with van der Waals surface area (Å²) in [5.74, 6) is 0. The van der Waals surface area contributed by atoms with Crippen molar-refractivity contribution >= 4 is 48.0 Å². The maximum atomic E-state index is 13.5. The van der Waals surface area contributed by atoms with Crippen LogP contribution < -0.4 is 4.90 Å². The molecule has 6 rings (SSSR count). The van der Waals surface area contributed by atoms with Crippen LogP contribution in [0.2, 0.25) is 0 Å². The molecule has 0 amide bonds. The summed E-state index contributed by atoms with van der Waals surface area (Å²) in [6.45, 7) is 5.55. The fourth-order valence-electron chi connectivity index (χ4n) is 5.54. The van der Waals surface area contributed by atoms with E-state index in [1.807, 2.05) is 24.3 Å². The van der Waals surface area contributed by atoms with E-state index >= 15 is 0 Å². The van der Waals surface area contributed by atoms with Crippen LogP contribution in [0.5, 0.6) is 0 Å². The minimum Gasteiger partial charge on any atom is -0.368 e. The van der Waals surface area contributed by atoms with Crippen molar-refractivity contribution in [3.63, 3.8) is 0 Å². The molecule has 2 aromatic heterocycles. The fourth-order valence-corrected chi connectivity index (χ4v) is 8.05. The van der Waals surface area contributed by atoms with Crippen molar-refractivity contribution in [2.75, 3.05) is 44.2 Å². The van der Waals surface area contributed by atoms with E-state index in [1.165, 1.54) is 22.0 Å². The molecule has 0 spiro atoms. The molecule has 0 N–H and O–H groups in total. The lowest BCUT2D eigenvalue weighted by Crippen LogP contribution is -2.47. The molecular formula is C27H30N4O2S2. The summed E-state index contributed by atoms with van der Waals surface area (Å²) in [6.07, 6.45) is 4.24. The lowest BCUT2D eigenvalue weighted by Gasteiger charge is -2.37. The second kappa shape index (κ2) is 9.50. The Labute approximate surface area is 210 Å². The van der Waals surface area contributed by atoms with Crippen molar-refractivity contribution in [3.8, 4) is 0 Å². The number of hydrogen-bond donors (Lipinski definition) is 0. The van der Waals surface area contributed by atoms with Crippen molar-refractivity contribution in [1.29, 1.82) is 0 Å². The molecule has 2 aliphatic heterocycles. The van der Waals surface area contributed by atoms with Crippen LogP contribution in [-0.4, -0.2) is 67.9 Å². The number of para-hydroxylation sites is 1. The highest BCUT2D eigenvalue weighted by molar-refractivity contribution is 7.89. The number of sulfonamides is 1. The van der Waals surface area contributed by atoms with Gasteiger partial charge in [-0.2, -0.15) is 4.31 Å². The molecule has 4 heterocycles. The Morgan fingerprint density at radius 3 is 2.71 bits per heavy atom. The van der Waals surface area contributed by atoms with Gasteiger partial charge in [0.1, 0.15) is 4.90 Å². The summed E-state index contributed by atoms with van der Waals surface area (Å²) in [5.41, 5.74) is 2.15. The predicted molar refractivity (Wildman–Crippen MR) is 144 cm³/mol. The van der Waals surface area contributed by atoms with Crippen LogP contribution >= 0.6 is 11.3 Å². The van der Waals surface area contributed by atoms with Gasteiger partial charge in [-0.05, 0) is 61.5 Å². The summed E-state index contributed by atoms with van der Waals surface area (Å²) in [5, 5.41) is 4.38. The SMILES string of the molecule is O=S(=O)(c1cnc2ccccc2c1)N1CCC[C@H]1CCN1CCN(c2cccc3sccc23)CC1. The zero-order valence-electron chi connectivity index (χ0n) is 19.7. The first kappa shape index (κ1) is 22.9. The van der Waals surface area contributed by atoms with Crippen LogP contribution in [-0.2, 0) is 10.0 Å². The molecule has 0 bridgehead atoms. The first-order chi connectivity index (χ1) is 17.1. The Morgan fingerprint density at radius 2 is 1.83 bits per heavy atom. The largest absolute Gasteiger partial charge is 0.368 e. The van der Waals surface area contributed by atoms with E-state index in [0.29, 0.717) is 11.4 Å². The number of aromatic nitrogens is 1. The molecule has 4 aromatic rings. The Kier molecular flexibility index (Phi) is 6.22. The highest BCUT2D eigenvalue weighted by Gasteiger charge is 2.35. The Bertz CT molecular complexity index is 1440. The van der Waals surface area contributed by atoms with Gasteiger partial charge in [-0.25, -0.2) is 8.42 Å². The first-order valence-electron chi connectivity index (χ1n) is 12.4. The van der Waals surface area contributed by atoms with E-state index in [9.17, 15) is 8.42 Å². The Morgan fingerprint density at radius 1 is 0.971 bits per heavy atom. The van der Waals surface area contributed by atoms with Crippen LogP contribution in [0.1, 0.15) is 19.3 Å². The normalized spacial score (nSPS) is 20.2. The summed E-state index contributed by atoms with van der Waals surface area (Å²) in [7, 11) is -3.55. The Balaban J connectivity index is 1.09. The van der Waals surface area contributed by atoms with Crippen molar-refractivity contribution in [1.82, 2.24) is 14.2 Å². The van der Waals surface area contributed by atoms with E-state index in [0.717, 1.165) is 62.9 Å². The summed E-state index contributed by atoms with van der Waals surface area (Å²) >= 11 is 1.79. The van der Waals surface area contributed by atoms with E-state index in [1.54, 1.807) is 21.7 Å². The number of fused-ring (bicyclic) bond motifs is 2. The quantitative estimate of drug-likeness (QED) is 0.376. The third-order valence-corrected chi connectivity index (χ3v) is 10.3. The molecular weight excluding hydrogens is 476 g/mol. The van der Waals surface area contributed by atoms with Gasteiger partial charge in [0.2, 0.25) is 10.0 Å². The number of nitrogens with zero attached hydrogens (tertiary/aromatic N) is 4. The first-order valence-corrected chi connectivity index (χ1v) is 14.7. The van der Waals surface area contributed by atoms with Crippen LogP contribution in [0.15, 0.2) is 71.1 Å². The van der Waals surface area contributed by atoms with Gasteiger partial charge in [-0.1, -0.05) is 24.3 Å². The number of pyridine rings is 1. The van der Waals surface area contributed by atoms with E-state index in [2.05, 4.69) is 44.4 Å². The van der Waals surface area contributed by atoms with Crippen LogP contribution in [0, 0.1) is 0 Å². The monoisotopic (exact) mass is 506 g/mol. The summed E-state index contributed by atoms with van der Waals surface area (Å²) in [4.78, 5) is 9.68. The second-order valence-electron chi connectivity index (χ2n) is 9.50. The molecule has 2 aromatic carbocycles. The number of rotatable bonds is 6. The smallest absolute Gasteiger partial charge is 0.244 e. The summed E-state index contributed by atoms with van der Waals surface area (Å²) < 4.78 is 30.1. The van der Waals surface area contributed by atoms with Gasteiger partial charge in [-0.15, -0.1) is 11.3 Å². The molecule has 2 saturated heterocycles. The molecule has 35 heavy (non-hydrogen) atoms. The molecule has 1 atom stereocenters. The lowest BCUT2D eigenvalue weighted by atomic mass is 10.1. The number of piperazine rings is 1. The van der Waals surface area contributed by atoms with Crippen molar-refractivity contribution in [3.05, 3.63) is 66.2 Å². The number of benzene rings is 2. The van der Waals surface area contributed by atoms with Crippen LogP contribution in [0.4, 0.5) is 5.69 Å². The maximum absolute atomic E-state index is 13.5. The average Bonchev–Trinajstić information content (AvgIpc) is 3.57. The molecule has 0 aliphatic carbocycles. The minimum atomic E-state index is -3.55. The molecule has 0 radical (unpaired) electrons. The fraction of sp³-hybridized carbons (Fsp3) is 0.370. The van der Waals surface area contributed by atoms with Crippen molar-refractivity contribution < 1.29 is 8.42 Å². The molecule has 6 nitrogen and oxygen atoms in total. The zero-order chi connectivity index (χ0) is 23.8. The molecule has 2 aliphatic rings. The third kappa shape index (κ3) is 4.44. The molecule has 0 unspecified atom stereocenters. The van der Waals surface area contributed by atoms with E-state index < -0.39 is 10.0 Å². The molecule has 182 valence electrons. The second-order valence-corrected chi connectivity index (χ2v) is 12.3. The van der Waals surface area contributed by atoms with Gasteiger partial charge in [0.15, 0.2) is 0 Å². The number of anilines is 1. The average molecular weight is 507 g/mol. The van der Waals surface area contributed by atoms with Gasteiger partial charge >= 0.3 is 0 Å². The zero-order valence-corrected chi connectivity index (χ0v) is 21.3. The standard InChI is InChI=1S/C27H30N4O2S2/c32-35(33,23-19-21-5-1-2-7-25(21)28-20-23)31-12-4-6-22(31)10-13-29-14-16-30(17-15-29)26-8-3-9-27-24(26)11-18-34-27/h1-3,5,7-9,11,18-20,22H,4,6,10,12-17H2/t22-/m0/s1. The Hall–Kier alpha value is -2.52. The molecule has 8 heteroatoms. The topological polar surface area (TPSA) is 56.8 Å². The van der Waals surface area contributed by atoms with Gasteiger partial charge in [0.25, 0.3) is 0 Å². The van der Waals surface area contributed by atoms with E-state index in [4.69, 9.17) is 0 Å². The number of hydrogen-bond acceptors (Lipinski definition) is 6. The molecule has 0 saturated carbocycles. The van der Waals surface area contributed by atoms with Crippen molar-refractivity contribution in [2.24, 2.45) is 0 Å². The summed E-state index contributed by atoms with van der Waals surface area (Å²) in [6, 6.07) is 18.3. The van der Waals surface area contributed by atoms with E-state index in [-0.39, 0.29) is 6.04 Å². The highest BCUT2D eigenvalue weighted by Crippen LogP contribution is 2.32. The number of thiophene rings is 1. The third-order valence-electron chi connectivity index (χ3n) is 7.46. The van der Waals surface area contributed by atoms with Crippen LogP contribution in [0.3, 0.4) is 0 Å². The van der Waals surface area contributed by atoms with Gasteiger partial charge < -0.3 is 4.90 Å². The van der Waals surface area contributed by atoms with Crippen LogP contribution in [0.25, 0.3) is 21.0 Å². The highest BCUT2D eigenvalue weighted by atomic mass is 32.2. The minimum absolute atomic E-state index is 0.0593.